The van der Waals surface area contributed by atoms with Gasteiger partial charge in [0.05, 0.1) is 0 Å². The lowest BCUT2D eigenvalue weighted by atomic mass is 9.96. The van der Waals surface area contributed by atoms with Gasteiger partial charge in [-0.15, -0.1) is 0 Å². The van der Waals surface area contributed by atoms with E-state index in [1.165, 1.54) is 11.8 Å². The van der Waals surface area contributed by atoms with E-state index in [0.717, 1.165) is 18.8 Å². The molecule has 2 amide bonds. The van der Waals surface area contributed by atoms with Gasteiger partial charge in [-0.25, -0.2) is 4.98 Å². The first-order valence-electron chi connectivity index (χ1n) is 6.15. The number of nitrogens with zero attached hydrogens (tertiary/aromatic N) is 3. The standard InChI is InChI=1S/C12H18N4O2/c1-9(17)16(6-3-13)12(18)10-2-5-15-7-4-14-11(15)8-10/h4,7,10H,2-3,5-6,8,13H2,1H3. The average molecular weight is 250 g/mol. The Bertz CT molecular complexity index is 455. The van der Waals surface area contributed by atoms with Crippen LogP contribution < -0.4 is 5.73 Å². The van der Waals surface area contributed by atoms with Crippen LogP contribution in [0.3, 0.4) is 0 Å². The molecule has 0 spiro atoms. The van der Waals surface area contributed by atoms with E-state index in [0.29, 0.717) is 19.5 Å². The minimum absolute atomic E-state index is 0.123. The van der Waals surface area contributed by atoms with Gasteiger partial charge >= 0.3 is 0 Å². The number of amides is 2. The third-order valence-electron chi connectivity index (χ3n) is 3.30. The molecule has 1 atom stereocenters. The second-order valence-corrected chi connectivity index (χ2v) is 4.52. The van der Waals surface area contributed by atoms with E-state index in [9.17, 15) is 9.59 Å². The average Bonchev–Trinajstić information content (AvgIpc) is 2.81. The molecule has 0 saturated heterocycles. The summed E-state index contributed by atoms with van der Waals surface area (Å²) >= 11 is 0. The maximum atomic E-state index is 12.3. The van der Waals surface area contributed by atoms with Crippen molar-refractivity contribution in [2.24, 2.45) is 11.7 Å². The van der Waals surface area contributed by atoms with Gasteiger partial charge in [0.15, 0.2) is 0 Å². The van der Waals surface area contributed by atoms with Gasteiger partial charge in [0.2, 0.25) is 11.8 Å². The molecule has 2 heterocycles. The summed E-state index contributed by atoms with van der Waals surface area (Å²) in [6.45, 7) is 2.77. The second kappa shape index (κ2) is 5.30. The molecule has 0 bridgehead atoms. The molecule has 1 unspecified atom stereocenters. The van der Waals surface area contributed by atoms with Crippen molar-refractivity contribution in [3.63, 3.8) is 0 Å². The lowest BCUT2D eigenvalue weighted by Gasteiger charge is -2.27. The van der Waals surface area contributed by atoms with E-state index in [1.807, 2.05) is 10.8 Å². The second-order valence-electron chi connectivity index (χ2n) is 4.52. The first-order valence-corrected chi connectivity index (χ1v) is 6.15. The number of nitrogens with two attached hydrogens (primary N) is 1. The van der Waals surface area contributed by atoms with Crippen LogP contribution in [0.4, 0.5) is 0 Å². The summed E-state index contributed by atoms with van der Waals surface area (Å²) in [5.74, 6) is 0.396. The first kappa shape index (κ1) is 12.8. The summed E-state index contributed by atoms with van der Waals surface area (Å²) in [5.41, 5.74) is 5.43. The highest BCUT2D eigenvalue weighted by Gasteiger charge is 2.30. The Morgan fingerprint density at radius 2 is 2.39 bits per heavy atom. The largest absolute Gasteiger partial charge is 0.335 e. The molecule has 1 aromatic rings. The first-order chi connectivity index (χ1) is 8.63. The fourth-order valence-corrected chi connectivity index (χ4v) is 2.33. The monoisotopic (exact) mass is 250 g/mol. The van der Waals surface area contributed by atoms with Crippen LogP contribution in [-0.2, 0) is 22.6 Å². The number of rotatable bonds is 3. The van der Waals surface area contributed by atoms with Gasteiger partial charge in [0, 0.05) is 51.3 Å². The van der Waals surface area contributed by atoms with Crippen LogP contribution in [0.1, 0.15) is 19.2 Å². The van der Waals surface area contributed by atoms with E-state index in [4.69, 9.17) is 5.73 Å². The number of carbonyl (C=O) groups excluding carboxylic acids is 2. The fraction of sp³-hybridized carbons (Fsp3) is 0.583. The highest BCUT2D eigenvalue weighted by atomic mass is 16.2. The van der Waals surface area contributed by atoms with E-state index in [1.54, 1.807) is 6.20 Å². The van der Waals surface area contributed by atoms with Crippen molar-refractivity contribution in [3.8, 4) is 0 Å². The number of imidazole rings is 1. The molecule has 0 radical (unpaired) electrons. The van der Waals surface area contributed by atoms with E-state index < -0.39 is 0 Å². The maximum absolute atomic E-state index is 12.3. The molecule has 2 N–H and O–H groups in total. The summed E-state index contributed by atoms with van der Waals surface area (Å²) in [4.78, 5) is 29.2. The van der Waals surface area contributed by atoms with E-state index >= 15 is 0 Å². The van der Waals surface area contributed by atoms with Gasteiger partial charge in [-0.3, -0.25) is 14.5 Å². The van der Waals surface area contributed by atoms with E-state index in [2.05, 4.69) is 4.98 Å². The number of hydrogen-bond donors (Lipinski definition) is 1. The zero-order valence-electron chi connectivity index (χ0n) is 10.5. The molecule has 6 heteroatoms. The molecule has 1 aliphatic rings. The highest BCUT2D eigenvalue weighted by molar-refractivity contribution is 5.95. The zero-order valence-corrected chi connectivity index (χ0v) is 10.5. The number of aromatic nitrogens is 2. The molecule has 0 fully saturated rings. The molecule has 6 nitrogen and oxygen atoms in total. The molecule has 2 rings (SSSR count). The highest BCUT2D eigenvalue weighted by Crippen LogP contribution is 2.21. The predicted octanol–water partition coefficient (Wildman–Crippen LogP) is -0.221. The van der Waals surface area contributed by atoms with Crippen LogP contribution in [0.25, 0.3) is 0 Å². The summed E-state index contributed by atoms with van der Waals surface area (Å²) in [6, 6.07) is 0. The lowest BCUT2D eigenvalue weighted by Crippen LogP contribution is -2.44. The van der Waals surface area contributed by atoms with E-state index in [-0.39, 0.29) is 17.7 Å². The predicted molar refractivity (Wildman–Crippen MR) is 65.5 cm³/mol. The number of carbonyl (C=O) groups is 2. The van der Waals surface area contributed by atoms with Crippen LogP contribution in [-0.4, -0.2) is 39.4 Å². The minimum Gasteiger partial charge on any atom is -0.335 e. The third kappa shape index (κ3) is 2.43. The van der Waals surface area contributed by atoms with Crippen LogP contribution >= 0.6 is 0 Å². The Balaban J connectivity index is 2.08. The Hall–Kier alpha value is -1.69. The topological polar surface area (TPSA) is 81.2 Å². The van der Waals surface area contributed by atoms with Gasteiger partial charge in [0.1, 0.15) is 5.82 Å². The molecule has 1 aliphatic heterocycles. The van der Waals surface area contributed by atoms with Crippen LogP contribution in [0.15, 0.2) is 12.4 Å². The third-order valence-corrected chi connectivity index (χ3v) is 3.30. The Kier molecular flexibility index (Phi) is 3.76. The SMILES string of the molecule is CC(=O)N(CCN)C(=O)C1CCn2ccnc2C1. The lowest BCUT2D eigenvalue weighted by molar-refractivity contribution is -0.146. The molecular weight excluding hydrogens is 232 g/mol. The normalized spacial score (nSPS) is 18.2. The van der Waals surface area contributed by atoms with Crippen molar-refractivity contribution in [1.29, 1.82) is 0 Å². The fourth-order valence-electron chi connectivity index (χ4n) is 2.33. The van der Waals surface area contributed by atoms with Crippen LogP contribution in [0.5, 0.6) is 0 Å². The van der Waals surface area contributed by atoms with Crippen molar-refractivity contribution < 1.29 is 9.59 Å². The van der Waals surface area contributed by atoms with Gasteiger partial charge in [-0.1, -0.05) is 0 Å². The molecule has 1 aromatic heterocycles. The van der Waals surface area contributed by atoms with Gasteiger partial charge < -0.3 is 10.3 Å². The van der Waals surface area contributed by atoms with Gasteiger partial charge in [-0.05, 0) is 6.42 Å². The van der Waals surface area contributed by atoms with Crippen LogP contribution in [0, 0.1) is 5.92 Å². The Morgan fingerprint density at radius 1 is 1.61 bits per heavy atom. The Morgan fingerprint density at radius 3 is 3.06 bits per heavy atom. The Labute approximate surface area is 106 Å². The number of hydrogen-bond acceptors (Lipinski definition) is 4. The van der Waals surface area contributed by atoms with Crippen molar-refractivity contribution in [1.82, 2.24) is 14.5 Å². The van der Waals surface area contributed by atoms with Gasteiger partial charge in [-0.2, -0.15) is 0 Å². The number of fused-ring (bicyclic) bond motifs is 1. The number of imide groups is 1. The van der Waals surface area contributed by atoms with Crippen molar-refractivity contribution in [2.75, 3.05) is 13.1 Å². The molecular formula is C12H18N4O2. The van der Waals surface area contributed by atoms with Gasteiger partial charge in [0.25, 0.3) is 0 Å². The molecule has 0 saturated carbocycles. The summed E-state index contributed by atoms with van der Waals surface area (Å²) < 4.78 is 2.05. The molecule has 18 heavy (non-hydrogen) atoms. The number of aryl methyl sites for hydroxylation is 1. The van der Waals surface area contributed by atoms with Crippen molar-refractivity contribution in [3.05, 3.63) is 18.2 Å². The van der Waals surface area contributed by atoms with Crippen LogP contribution in [0.2, 0.25) is 0 Å². The maximum Gasteiger partial charge on any atom is 0.232 e. The quantitative estimate of drug-likeness (QED) is 0.804. The minimum atomic E-state index is -0.237. The summed E-state index contributed by atoms with van der Waals surface area (Å²) in [5, 5.41) is 0. The van der Waals surface area contributed by atoms with Crippen molar-refractivity contribution >= 4 is 11.8 Å². The molecule has 0 aliphatic carbocycles. The zero-order chi connectivity index (χ0) is 13.1. The molecule has 98 valence electrons. The molecule has 0 aromatic carbocycles. The summed E-state index contributed by atoms with van der Waals surface area (Å²) in [6.07, 6.45) is 5.00. The smallest absolute Gasteiger partial charge is 0.232 e. The summed E-state index contributed by atoms with van der Waals surface area (Å²) in [7, 11) is 0. The van der Waals surface area contributed by atoms with Crippen molar-refractivity contribution in [2.45, 2.75) is 26.3 Å².